The van der Waals surface area contributed by atoms with Gasteiger partial charge in [-0.05, 0) is 50.1 Å². The zero-order valence-electron chi connectivity index (χ0n) is 23.3. The van der Waals surface area contributed by atoms with E-state index in [-0.39, 0.29) is 10.1 Å². The molecule has 2 aromatic carbocycles. The Kier molecular flexibility index (Phi) is 18.1. The normalized spacial score (nSPS) is 10.7. The molecule has 0 amide bonds. The maximum atomic E-state index is 11.7. The molecule has 204 valence electrons. The molecule has 0 spiro atoms. The van der Waals surface area contributed by atoms with Gasteiger partial charge in [-0.3, -0.25) is 0 Å². The summed E-state index contributed by atoms with van der Waals surface area (Å²) in [6, 6.07) is 17.9. The number of hydrogen-bond acceptors (Lipinski definition) is 5. The Labute approximate surface area is 237 Å². The van der Waals surface area contributed by atoms with Gasteiger partial charge in [-0.1, -0.05) is 114 Å². The fraction of sp³-hybridized carbons (Fsp3) is 0.533. The first kappa shape index (κ1) is 33.2. The molecule has 2 aromatic rings. The molecule has 37 heavy (non-hydrogen) atoms. The second kappa shape index (κ2) is 20.2. The molecule has 0 unspecified atom stereocenters. The molecule has 0 N–H and O–H groups in total. The Balaban J connectivity index is 0.000000377. The fourth-order valence-electron chi connectivity index (χ4n) is 4.13. The lowest BCUT2D eigenvalue weighted by Crippen LogP contribution is -2.50. The summed E-state index contributed by atoms with van der Waals surface area (Å²) in [7, 11) is -1.78. The highest BCUT2D eigenvalue weighted by Gasteiger charge is 2.24. The lowest BCUT2D eigenvalue weighted by molar-refractivity contribution is -0.929. The first-order chi connectivity index (χ1) is 17.9. The van der Waals surface area contributed by atoms with Crippen molar-refractivity contribution >= 4 is 41.9 Å². The summed E-state index contributed by atoms with van der Waals surface area (Å²) in [6.45, 7) is 15.0. The number of benzene rings is 2. The van der Waals surface area contributed by atoms with E-state index in [4.69, 9.17) is 33.7 Å². The Hall–Kier alpha value is -1.80. The highest BCUT2D eigenvalue weighted by molar-refractivity contribution is 7.80. The van der Waals surface area contributed by atoms with Crippen LogP contribution in [0.4, 0.5) is 0 Å². The van der Waals surface area contributed by atoms with Gasteiger partial charge in [0.2, 0.25) is 0 Å². The topological polar surface area (TPSA) is 41.5 Å². The van der Waals surface area contributed by atoms with E-state index < -0.39 is 7.32 Å². The van der Waals surface area contributed by atoms with Crippen molar-refractivity contribution in [1.29, 1.82) is 0 Å². The smallest absolute Gasteiger partial charge is 0.493 e. The molecular formula is C30H46BNO3S2. The van der Waals surface area contributed by atoms with Crippen LogP contribution in [0.2, 0.25) is 0 Å². The number of rotatable bonds is 16. The summed E-state index contributed by atoms with van der Waals surface area (Å²) in [5, 5.41) is 11.8. The number of hydrogen-bond donors (Lipinski definition) is 0. The molecule has 0 fully saturated rings. The van der Waals surface area contributed by atoms with Gasteiger partial charge < -0.3 is 18.8 Å². The minimum atomic E-state index is -1.78. The van der Waals surface area contributed by atoms with E-state index in [1.54, 1.807) is 48.5 Å². The standard InChI is InChI=1S/C16H36N.C14H10BO3S2/c1-5-9-13-17(14-10-6-2,15-11-7-3)16-12-8-4;16-15(17-13(19)11-7-3-1-4-8-11)18-14(20)12-9-5-2-6-10-12/h5-16H2,1-4H3;1-10H/q+1;-1. The van der Waals surface area contributed by atoms with Gasteiger partial charge in [-0.15, -0.1) is 0 Å². The molecule has 2 rings (SSSR count). The number of quaternary nitrogens is 1. The summed E-state index contributed by atoms with van der Waals surface area (Å²) < 4.78 is 11.4. The predicted octanol–water partition coefficient (Wildman–Crippen LogP) is 7.12. The number of nitrogens with zero attached hydrogens (tertiary/aromatic N) is 1. The second-order valence-corrected chi connectivity index (χ2v) is 10.2. The monoisotopic (exact) mass is 543 g/mol. The predicted molar refractivity (Wildman–Crippen MR) is 164 cm³/mol. The lowest BCUT2D eigenvalue weighted by atomic mass is 10.1. The summed E-state index contributed by atoms with van der Waals surface area (Å²) in [5.74, 6) is 0. The number of unbranched alkanes of at least 4 members (excludes halogenated alkanes) is 4. The van der Waals surface area contributed by atoms with Gasteiger partial charge >= 0.3 is 7.32 Å². The Morgan fingerprint density at radius 2 is 0.919 bits per heavy atom. The van der Waals surface area contributed by atoms with Crippen molar-refractivity contribution in [1.82, 2.24) is 0 Å². The molecule has 7 heteroatoms. The SMILES string of the molecule is CCCC[N+](CCCC)(CCCC)CCCC.[O-]B(OC(=S)c1ccccc1)OC(=S)c1ccccc1. The molecule has 0 aliphatic carbocycles. The first-order valence-corrected chi connectivity index (χ1v) is 14.8. The molecule has 0 heterocycles. The van der Waals surface area contributed by atoms with E-state index >= 15 is 0 Å². The van der Waals surface area contributed by atoms with Crippen molar-refractivity contribution < 1.29 is 18.8 Å². The average molecular weight is 544 g/mol. The van der Waals surface area contributed by atoms with Crippen LogP contribution in [0.5, 0.6) is 0 Å². The second-order valence-electron chi connectivity index (χ2n) is 9.48. The van der Waals surface area contributed by atoms with Gasteiger partial charge in [0.05, 0.1) is 26.2 Å². The zero-order chi connectivity index (χ0) is 27.4. The van der Waals surface area contributed by atoms with Crippen LogP contribution in [0.1, 0.15) is 90.2 Å². The molecule has 0 aliphatic heterocycles. The van der Waals surface area contributed by atoms with Crippen LogP contribution in [0, 0.1) is 0 Å². The van der Waals surface area contributed by atoms with Gasteiger partial charge in [0, 0.05) is 11.1 Å². The highest BCUT2D eigenvalue weighted by atomic mass is 32.1. The molecular weight excluding hydrogens is 497 g/mol. The van der Waals surface area contributed by atoms with E-state index in [1.165, 1.54) is 82.0 Å². The van der Waals surface area contributed by atoms with E-state index in [1.807, 2.05) is 12.1 Å². The fourth-order valence-corrected chi connectivity index (χ4v) is 4.56. The summed E-state index contributed by atoms with van der Waals surface area (Å²) in [5.41, 5.74) is 1.30. The van der Waals surface area contributed by atoms with E-state index in [0.717, 1.165) is 0 Å². The van der Waals surface area contributed by atoms with Crippen LogP contribution in [0.3, 0.4) is 0 Å². The molecule has 0 aliphatic rings. The van der Waals surface area contributed by atoms with Gasteiger partial charge in [0.15, 0.2) is 10.1 Å². The van der Waals surface area contributed by atoms with Gasteiger partial charge in [0.25, 0.3) is 0 Å². The molecule has 0 saturated carbocycles. The lowest BCUT2D eigenvalue weighted by Gasteiger charge is -2.39. The molecule has 4 nitrogen and oxygen atoms in total. The van der Waals surface area contributed by atoms with E-state index in [2.05, 4.69) is 27.7 Å². The average Bonchev–Trinajstić information content (AvgIpc) is 2.93. The summed E-state index contributed by atoms with van der Waals surface area (Å²) >= 11 is 10.0. The minimum Gasteiger partial charge on any atom is -0.808 e. The Morgan fingerprint density at radius 3 is 1.19 bits per heavy atom. The van der Waals surface area contributed by atoms with Crippen molar-refractivity contribution in [3.63, 3.8) is 0 Å². The summed E-state index contributed by atoms with van der Waals surface area (Å²) in [6.07, 6.45) is 11.1. The van der Waals surface area contributed by atoms with Crippen LogP contribution in [-0.4, -0.2) is 48.1 Å². The maximum absolute atomic E-state index is 11.7. The quantitative estimate of drug-likeness (QED) is 0.128. The maximum Gasteiger partial charge on any atom is 0.493 e. The van der Waals surface area contributed by atoms with Gasteiger partial charge in [0.1, 0.15) is 0 Å². The van der Waals surface area contributed by atoms with Crippen LogP contribution in [0.15, 0.2) is 60.7 Å². The Bertz CT molecular complexity index is 777. The highest BCUT2D eigenvalue weighted by Crippen LogP contribution is 2.16. The molecule has 0 atom stereocenters. The van der Waals surface area contributed by atoms with Gasteiger partial charge in [-0.25, -0.2) is 0 Å². The first-order valence-electron chi connectivity index (χ1n) is 13.9. The van der Waals surface area contributed by atoms with Crippen molar-refractivity contribution in [3.05, 3.63) is 71.8 Å². The van der Waals surface area contributed by atoms with Gasteiger partial charge in [-0.2, -0.15) is 0 Å². The van der Waals surface area contributed by atoms with Crippen molar-refractivity contribution in [3.8, 4) is 0 Å². The molecule has 0 bridgehead atoms. The van der Waals surface area contributed by atoms with Crippen molar-refractivity contribution in [2.45, 2.75) is 79.1 Å². The third kappa shape index (κ3) is 14.1. The molecule has 0 aromatic heterocycles. The van der Waals surface area contributed by atoms with Crippen LogP contribution in [-0.2, 0) is 9.31 Å². The van der Waals surface area contributed by atoms with E-state index in [9.17, 15) is 5.02 Å². The Morgan fingerprint density at radius 1 is 0.622 bits per heavy atom. The molecule has 0 radical (unpaired) electrons. The number of thiocarbonyl (C=S) groups is 2. The summed E-state index contributed by atoms with van der Waals surface area (Å²) in [4.78, 5) is 0. The third-order valence-corrected chi connectivity index (χ3v) is 7.03. The zero-order valence-corrected chi connectivity index (χ0v) is 25.0. The van der Waals surface area contributed by atoms with Crippen LogP contribution < -0.4 is 5.02 Å². The largest absolute Gasteiger partial charge is 0.808 e. The van der Waals surface area contributed by atoms with Crippen LogP contribution >= 0.6 is 24.4 Å². The third-order valence-electron chi connectivity index (χ3n) is 6.37. The van der Waals surface area contributed by atoms with Crippen molar-refractivity contribution in [2.75, 3.05) is 26.2 Å². The van der Waals surface area contributed by atoms with Crippen molar-refractivity contribution in [2.24, 2.45) is 0 Å². The minimum absolute atomic E-state index is 0.0847. The van der Waals surface area contributed by atoms with E-state index in [0.29, 0.717) is 11.1 Å². The van der Waals surface area contributed by atoms with Crippen LogP contribution in [0.25, 0.3) is 0 Å². The molecule has 0 saturated heterocycles.